The fourth-order valence-electron chi connectivity index (χ4n) is 3.66. The third-order valence-corrected chi connectivity index (χ3v) is 5.10. The zero-order valence-electron chi connectivity index (χ0n) is 17.2. The van der Waals surface area contributed by atoms with Crippen LogP contribution in [-0.4, -0.2) is 39.4 Å². The summed E-state index contributed by atoms with van der Waals surface area (Å²) in [5, 5.41) is 3.01. The lowest BCUT2D eigenvalue weighted by atomic mass is 9.92. The molecule has 2 aromatic carbocycles. The number of carbonyl (C=O) groups excluding carboxylic acids is 1. The summed E-state index contributed by atoms with van der Waals surface area (Å²) in [6.07, 6.45) is 2.53. The molecule has 0 saturated heterocycles. The fourth-order valence-corrected chi connectivity index (χ4v) is 3.66. The van der Waals surface area contributed by atoms with Gasteiger partial charge in [-0.05, 0) is 37.8 Å². The zero-order valence-corrected chi connectivity index (χ0v) is 17.2. The molecule has 1 aliphatic carbocycles. The van der Waals surface area contributed by atoms with Crippen molar-refractivity contribution in [1.82, 2.24) is 5.32 Å². The van der Waals surface area contributed by atoms with Crippen LogP contribution in [0.2, 0.25) is 0 Å². The van der Waals surface area contributed by atoms with Crippen LogP contribution in [-0.2, 0) is 0 Å². The second-order valence-corrected chi connectivity index (χ2v) is 7.05. The van der Waals surface area contributed by atoms with Crippen molar-refractivity contribution in [3.8, 4) is 23.0 Å². The Bertz CT molecular complexity index is 877. The quantitative estimate of drug-likeness (QED) is 0.729. The average molecular weight is 421 g/mol. The summed E-state index contributed by atoms with van der Waals surface area (Å²) in [4.78, 5) is 12.8. The first-order valence-electron chi connectivity index (χ1n) is 9.67. The number of nitrogens with one attached hydrogen (secondary N) is 1. The number of hydrogen-bond acceptors (Lipinski definition) is 5. The maximum absolute atomic E-state index is 13.3. The lowest BCUT2D eigenvalue weighted by molar-refractivity contribution is 0.0889. The number of hydrogen-bond donors (Lipinski definition) is 1. The van der Waals surface area contributed by atoms with Gasteiger partial charge in [0, 0.05) is 24.2 Å². The van der Waals surface area contributed by atoms with Crippen LogP contribution in [0.4, 0.5) is 8.78 Å². The van der Waals surface area contributed by atoms with Crippen LogP contribution in [0.25, 0.3) is 0 Å². The van der Waals surface area contributed by atoms with E-state index in [0.29, 0.717) is 48.5 Å². The number of carbonyl (C=O) groups is 1. The van der Waals surface area contributed by atoms with Crippen molar-refractivity contribution in [2.45, 2.75) is 37.8 Å². The third kappa shape index (κ3) is 4.93. The largest absolute Gasteiger partial charge is 0.493 e. The summed E-state index contributed by atoms with van der Waals surface area (Å²) in [7, 11) is 4.45. The van der Waals surface area contributed by atoms with Gasteiger partial charge in [0.15, 0.2) is 11.5 Å². The normalized spacial score (nSPS) is 18.4. The minimum absolute atomic E-state index is 0.0422. The molecule has 0 radical (unpaired) electrons. The van der Waals surface area contributed by atoms with Crippen LogP contribution >= 0.6 is 0 Å². The van der Waals surface area contributed by atoms with Crippen molar-refractivity contribution in [3.63, 3.8) is 0 Å². The van der Waals surface area contributed by atoms with Crippen molar-refractivity contribution in [2.24, 2.45) is 0 Å². The van der Waals surface area contributed by atoms with Crippen LogP contribution in [0.1, 0.15) is 36.0 Å². The molecule has 0 bridgehead atoms. The molecule has 2 aromatic rings. The van der Waals surface area contributed by atoms with E-state index in [4.69, 9.17) is 18.9 Å². The van der Waals surface area contributed by atoms with E-state index in [1.54, 1.807) is 12.1 Å². The van der Waals surface area contributed by atoms with Gasteiger partial charge in [0.05, 0.1) is 33.0 Å². The van der Waals surface area contributed by atoms with Gasteiger partial charge in [0.2, 0.25) is 5.75 Å². The number of methoxy groups -OCH3 is 3. The van der Waals surface area contributed by atoms with Gasteiger partial charge in [-0.15, -0.1) is 0 Å². The molecule has 8 heteroatoms. The molecule has 1 aliphatic rings. The Hall–Kier alpha value is -3.03. The molecular weight excluding hydrogens is 396 g/mol. The standard InChI is InChI=1S/C22H25F2NO5/c1-27-19-9-8-18(20(28-2)21(19)29-3)22(26)25-15-4-6-16(7-5-15)30-17-11-13(23)10-14(24)12-17/h8-12,15-16H,4-7H2,1-3H3,(H,25,26). The lowest BCUT2D eigenvalue weighted by Gasteiger charge is -2.29. The highest BCUT2D eigenvalue weighted by Gasteiger charge is 2.26. The maximum Gasteiger partial charge on any atom is 0.255 e. The van der Waals surface area contributed by atoms with E-state index in [1.807, 2.05) is 0 Å². The van der Waals surface area contributed by atoms with E-state index in [0.717, 1.165) is 6.07 Å². The minimum atomic E-state index is -0.671. The second-order valence-electron chi connectivity index (χ2n) is 7.05. The van der Waals surface area contributed by atoms with Crippen LogP contribution in [0.5, 0.6) is 23.0 Å². The van der Waals surface area contributed by atoms with Gasteiger partial charge < -0.3 is 24.3 Å². The van der Waals surface area contributed by atoms with Crippen molar-refractivity contribution < 1.29 is 32.5 Å². The van der Waals surface area contributed by atoms with Gasteiger partial charge in [-0.2, -0.15) is 0 Å². The second kappa shape index (κ2) is 9.65. The molecule has 0 unspecified atom stereocenters. The van der Waals surface area contributed by atoms with Crippen molar-refractivity contribution >= 4 is 5.91 Å². The first-order chi connectivity index (χ1) is 14.4. The maximum atomic E-state index is 13.3. The average Bonchev–Trinajstić information content (AvgIpc) is 2.73. The van der Waals surface area contributed by atoms with Crippen LogP contribution in [0, 0.1) is 11.6 Å². The van der Waals surface area contributed by atoms with E-state index in [9.17, 15) is 13.6 Å². The molecule has 0 spiro atoms. The monoisotopic (exact) mass is 421 g/mol. The molecule has 1 fully saturated rings. The Morgan fingerprint density at radius 2 is 1.53 bits per heavy atom. The molecule has 0 aliphatic heterocycles. The Kier molecular flexibility index (Phi) is 6.97. The highest BCUT2D eigenvalue weighted by atomic mass is 19.1. The zero-order chi connectivity index (χ0) is 21.7. The molecule has 30 heavy (non-hydrogen) atoms. The van der Waals surface area contributed by atoms with Gasteiger partial charge in [-0.25, -0.2) is 8.78 Å². The van der Waals surface area contributed by atoms with Crippen LogP contribution < -0.4 is 24.3 Å². The first-order valence-corrected chi connectivity index (χ1v) is 9.67. The van der Waals surface area contributed by atoms with Gasteiger partial charge in [0.1, 0.15) is 17.4 Å². The number of halogens is 2. The Balaban J connectivity index is 1.60. The van der Waals surface area contributed by atoms with Gasteiger partial charge >= 0.3 is 0 Å². The van der Waals surface area contributed by atoms with Crippen molar-refractivity contribution in [3.05, 3.63) is 47.5 Å². The minimum Gasteiger partial charge on any atom is -0.493 e. The lowest BCUT2D eigenvalue weighted by Crippen LogP contribution is -2.39. The predicted octanol–water partition coefficient (Wildman–Crippen LogP) is 4.11. The van der Waals surface area contributed by atoms with E-state index in [1.165, 1.54) is 33.5 Å². The molecule has 1 saturated carbocycles. The summed E-state index contributed by atoms with van der Waals surface area (Å²) in [5.41, 5.74) is 0.351. The molecule has 1 amide bonds. The molecule has 162 valence electrons. The fraction of sp³-hybridized carbons (Fsp3) is 0.409. The number of rotatable bonds is 7. The van der Waals surface area contributed by atoms with Crippen molar-refractivity contribution in [2.75, 3.05) is 21.3 Å². The smallest absolute Gasteiger partial charge is 0.255 e. The van der Waals surface area contributed by atoms with Crippen LogP contribution in [0.15, 0.2) is 30.3 Å². The topological polar surface area (TPSA) is 66.0 Å². The number of amides is 1. The Morgan fingerprint density at radius 1 is 0.900 bits per heavy atom. The molecule has 1 N–H and O–H groups in total. The Morgan fingerprint density at radius 3 is 2.10 bits per heavy atom. The Labute approximate surface area is 174 Å². The molecular formula is C22H25F2NO5. The SMILES string of the molecule is COc1ccc(C(=O)NC2CCC(Oc3cc(F)cc(F)c3)CC2)c(OC)c1OC. The molecule has 0 aromatic heterocycles. The van der Waals surface area contributed by atoms with Gasteiger partial charge in [-0.1, -0.05) is 0 Å². The third-order valence-electron chi connectivity index (χ3n) is 5.10. The first kappa shape index (κ1) is 21.7. The van der Waals surface area contributed by atoms with E-state index >= 15 is 0 Å². The molecule has 0 atom stereocenters. The summed E-state index contributed by atoms with van der Waals surface area (Å²) in [6.45, 7) is 0. The summed E-state index contributed by atoms with van der Waals surface area (Å²) in [6, 6.07) is 6.38. The summed E-state index contributed by atoms with van der Waals surface area (Å²) in [5.74, 6) is -0.312. The number of benzene rings is 2. The number of ether oxygens (including phenoxy) is 4. The molecule has 6 nitrogen and oxygen atoms in total. The molecule has 3 rings (SSSR count). The van der Waals surface area contributed by atoms with Crippen molar-refractivity contribution in [1.29, 1.82) is 0 Å². The van der Waals surface area contributed by atoms with E-state index in [2.05, 4.69) is 5.32 Å². The predicted molar refractivity (Wildman–Crippen MR) is 107 cm³/mol. The summed E-state index contributed by atoms with van der Waals surface area (Å²) < 4.78 is 48.3. The van der Waals surface area contributed by atoms with Gasteiger partial charge in [0.25, 0.3) is 5.91 Å². The van der Waals surface area contributed by atoms with Crippen LogP contribution in [0.3, 0.4) is 0 Å². The highest BCUT2D eigenvalue weighted by molar-refractivity contribution is 5.98. The molecule has 0 heterocycles. The van der Waals surface area contributed by atoms with E-state index < -0.39 is 11.6 Å². The highest BCUT2D eigenvalue weighted by Crippen LogP contribution is 2.39. The van der Waals surface area contributed by atoms with Gasteiger partial charge in [-0.3, -0.25) is 4.79 Å². The van der Waals surface area contributed by atoms with E-state index in [-0.39, 0.29) is 23.8 Å². The summed E-state index contributed by atoms with van der Waals surface area (Å²) >= 11 is 0.